The molecule has 0 saturated carbocycles. The van der Waals surface area contributed by atoms with E-state index in [-0.39, 0.29) is 12.3 Å². The van der Waals surface area contributed by atoms with Crippen LogP contribution in [0.3, 0.4) is 0 Å². The van der Waals surface area contributed by atoms with Gasteiger partial charge in [-0.15, -0.1) is 0 Å². The van der Waals surface area contributed by atoms with Crippen LogP contribution in [0.2, 0.25) is 0 Å². The van der Waals surface area contributed by atoms with E-state index in [0.29, 0.717) is 12.0 Å². The molecule has 0 spiro atoms. The van der Waals surface area contributed by atoms with Gasteiger partial charge >= 0.3 is 0 Å². The van der Waals surface area contributed by atoms with E-state index in [4.69, 9.17) is 5.73 Å². The molecule has 6 heteroatoms. The number of rotatable bonds is 6. The summed E-state index contributed by atoms with van der Waals surface area (Å²) in [4.78, 5) is 31.4. The minimum absolute atomic E-state index is 0.219. The zero-order valence-electron chi connectivity index (χ0n) is 13.0. The number of nitrogens with two attached hydrogens (primary N) is 1. The zero-order valence-corrected chi connectivity index (χ0v) is 13.0. The van der Waals surface area contributed by atoms with Gasteiger partial charge in [0.1, 0.15) is 11.9 Å². The molecule has 1 heterocycles. The lowest BCUT2D eigenvalue weighted by Gasteiger charge is -2.15. The van der Waals surface area contributed by atoms with Gasteiger partial charge in [-0.2, -0.15) is 0 Å². The molecule has 1 atom stereocenters. The summed E-state index contributed by atoms with van der Waals surface area (Å²) in [6.07, 6.45) is 0.678. The highest BCUT2D eigenvalue weighted by atomic mass is 16.2. The van der Waals surface area contributed by atoms with E-state index in [9.17, 15) is 9.59 Å². The standard InChI is InChI=1S/C18H18N4O2/c19-18(24)17(12-6-2-1-3-7-12)22-16(23)11-10-15-20-13-8-4-5-9-14(13)21-15/h1-9,17H,10-11H2,(H2,19,24)(H,20,21)(H,22,23). The summed E-state index contributed by atoms with van der Waals surface area (Å²) in [5, 5.41) is 2.68. The topological polar surface area (TPSA) is 101 Å². The van der Waals surface area contributed by atoms with Gasteiger partial charge in [-0.25, -0.2) is 4.98 Å². The Kier molecular flexibility index (Phi) is 4.56. The molecule has 0 aliphatic rings. The lowest BCUT2D eigenvalue weighted by molar-refractivity contribution is -0.127. The molecular weight excluding hydrogens is 304 g/mol. The summed E-state index contributed by atoms with van der Waals surface area (Å²) in [6.45, 7) is 0. The largest absolute Gasteiger partial charge is 0.368 e. The zero-order chi connectivity index (χ0) is 16.9. The number of hydrogen-bond donors (Lipinski definition) is 3. The van der Waals surface area contributed by atoms with Gasteiger partial charge in [0.05, 0.1) is 11.0 Å². The minimum atomic E-state index is -0.825. The average molecular weight is 322 g/mol. The highest BCUT2D eigenvalue weighted by Gasteiger charge is 2.19. The van der Waals surface area contributed by atoms with Gasteiger partial charge in [0, 0.05) is 12.8 Å². The van der Waals surface area contributed by atoms with Crippen molar-refractivity contribution in [3.63, 3.8) is 0 Å². The Morgan fingerprint density at radius 1 is 1.08 bits per heavy atom. The highest BCUT2D eigenvalue weighted by Crippen LogP contribution is 2.14. The lowest BCUT2D eigenvalue weighted by atomic mass is 10.1. The summed E-state index contributed by atoms with van der Waals surface area (Å²) in [6, 6.07) is 15.8. The van der Waals surface area contributed by atoms with Crippen molar-refractivity contribution in [2.24, 2.45) is 5.73 Å². The van der Waals surface area contributed by atoms with E-state index < -0.39 is 11.9 Å². The summed E-state index contributed by atoms with van der Waals surface area (Å²) in [5.74, 6) is -0.0944. The quantitative estimate of drug-likeness (QED) is 0.645. The smallest absolute Gasteiger partial charge is 0.244 e. The number of carbonyl (C=O) groups excluding carboxylic acids is 2. The van der Waals surface area contributed by atoms with Crippen LogP contribution in [0.25, 0.3) is 11.0 Å². The van der Waals surface area contributed by atoms with E-state index in [1.807, 2.05) is 30.3 Å². The van der Waals surface area contributed by atoms with Gasteiger partial charge in [-0.05, 0) is 17.7 Å². The number of carbonyl (C=O) groups is 2. The number of fused-ring (bicyclic) bond motifs is 1. The second-order valence-electron chi connectivity index (χ2n) is 5.51. The normalized spacial score (nSPS) is 12.0. The number of aryl methyl sites for hydroxylation is 1. The third-order valence-electron chi connectivity index (χ3n) is 3.75. The molecular formula is C18H18N4O2. The van der Waals surface area contributed by atoms with Crippen LogP contribution in [0, 0.1) is 0 Å². The Labute approximate surface area is 139 Å². The third kappa shape index (κ3) is 3.60. The maximum absolute atomic E-state index is 12.2. The second-order valence-corrected chi connectivity index (χ2v) is 5.51. The van der Waals surface area contributed by atoms with E-state index in [1.54, 1.807) is 24.3 Å². The first kappa shape index (κ1) is 15.7. The molecule has 0 aliphatic carbocycles. The van der Waals surface area contributed by atoms with E-state index >= 15 is 0 Å². The average Bonchev–Trinajstić information content (AvgIpc) is 3.01. The summed E-state index contributed by atoms with van der Waals surface area (Å²) in [7, 11) is 0. The molecule has 4 N–H and O–H groups in total. The SMILES string of the molecule is NC(=O)C(NC(=O)CCc1nc2ccccc2[nH]1)c1ccccc1. The van der Waals surface area contributed by atoms with Gasteiger partial charge in [-0.3, -0.25) is 9.59 Å². The molecule has 3 aromatic rings. The van der Waals surface area contributed by atoms with Crippen molar-refractivity contribution in [2.75, 3.05) is 0 Å². The van der Waals surface area contributed by atoms with Crippen LogP contribution >= 0.6 is 0 Å². The van der Waals surface area contributed by atoms with Crippen molar-refractivity contribution >= 4 is 22.8 Å². The van der Waals surface area contributed by atoms with E-state index in [1.165, 1.54) is 0 Å². The molecule has 24 heavy (non-hydrogen) atoms. The fraction of sp³-hybridized carbons (Fsp3) is 0.167. The fourth-order valence-corrected chi connectivity index (χ4v) is 2.55. The summed E-state index contributed by atoms with van der Waals surface area (Å²) in [5.41, 5.74) is 7.88. The first-order valence-electron chi connectivity index (χ1n) is 7.71. The summed E-state index contributed by atoms with van der Waals surface area (Å²) >= 11 is 0. The molecule has 0 bridgehead atoms. The third-order valence-corrected chi connectivity index (χ3v) is 3.75. The first-order chi connectivity index (χ1) is 11.6. The maximum atomic E-state index is 12.2. The molecule has 0 saturated heterocycles. The number of aromatic amines is 1. The van der Waals surface area contributed by atoms with Gasteiger partial charge in [0.2, 0.25) is 11.8 Å². The number of aromatic nitrogens is 2. The van der Waals surface area contributed by atoms with Crippen molar-refractivity contribution in [1.29, 1.82) is 0 Å². The highest BCUT2D eigenvalue weighted by molar-refractivity contribution is 5.87. The van der Waals surface area contributed by atoms with Crippen LogP contribution in [0.1, 0.15) is 23.9 Å². The molecule has 1 aromatic heterocycles. The monoisotopic (exact) mass is 322 g/mol. The van der Waals surface area contributed by atoms with Crippen LogP contribution in [-0.2, 0) is 16.0 Å². The van der Waals surface area contributed by atoms with Crippen LogP contribution in [0.4, 0.5) is 0 Å². The molecule has 1 unspecified atom stereocenters. The number of amides is 2. The predicted octanol–water partition coefficient (Wildman–Crippen LogP) is 1.84. The minimum Gasteiger partial charge on any atom is -0.368 e. The van der Waals surface area contributed by atoms with Crippen molar-refractivity contribution in [3.05, 3.63) is 66.0 Å². The predicted molar refractivity (Wildman–Crippen MR) is 90.9 cm³/mol. The number of primary amides is 1. The number of nitrogens with zero attached hydrogens (tertiary/aromatic N) is 1. The number of H-pyrrole nitrogens is 1. The molecule has 122 valence electrons. The van der Waals surface area contributed by atoms with Crippen LogP contribution in [0.5, 0.6) is 0 Å². The number of benzene rings is 2. The number of hydrogen-bond acceptors (Lipinski definition) is 3. The second kappa shape index (κ2) is 6.95. The summed E-state index contributed by atoms with van der Waals surface area (Å²) < 4.78 is 0. The lowest BCUT2D eigenvalue weighted by Crippen LogP contribution is -2.37. The first-order valence-corrected chi connectivity index (χ1v) is 7.71. The van der Waals surface area contributed by atoms with Gasteiger partial charge in [-0.1, -0.05) is 42.5 Å². The Bertz CT molecular complexity index is 825. The molecule has 0 fully saturated rings. The fourth-order valence-electron chi connectivity index (χ4n) is 2.55. The van der Waals surface area contributed by atoms with Crippen molar-refractivity contribution < 1.29 is 9.59 Å². The maximum Gasteiger partial charge on any atom is 0.244 e. The molecule has 3 rings (SSSR count). The Hall–Kier alpha value is -3.15. The van der Waals surface area contributed by atoms with Crippen LogP contribution < -0.4 is 11.1 Å². The number of para-hydroxylation sites is 2. The number of imidazole rings is 1. The van der Waals surface area contributed by atoms with E-state index in [2.05, 4.69) is 15.3 Å². The van der Waals surface area contributed by atoms with Crippen molar-refractivity contribution in [3.8, 4) is 0 Å². The van der Waals surface area contributed by atoms with Gasteiger partial charge in [0.15, 0.2) is 0 Å². The molecule has 2 aromatic carbocycles. The molecule has 2 amide bonds. The molecule has 0 radical (unpaired) electrons. The van der Waals surface area contributed by atoms with Gasteiger partial charge < -0.3 is 16.0 Å². The Balaban J connectivity index is 1.62. The van der Waals surface area contributed by atoms with Crippen LogP contribution in [0.15, 0.2) is 54.6 Å². The molecule has 6 nitrogen and oxygen atoms in total. The Morgan fingerprint density at radius 2 is 1.79 bits per heavy atom. The Morgan fingerprint density at radius 3 is 2.50 bits per heavy atom. The van der Waals surface area contributed by atoms with Crippen molar-refractivity contribution in [2.45, 2.75) is 18.9 Å². The van der Waals surface area contributed by atoms with Crippen molar-refractivity contribution in [1.82, 2.24) is 15.3 Å². The number of nitrogens with one attached hydrogen (secondary N) is 2. The van der Waals surface area contributed by atoms with Gasteiger partial charge in [0.25, 0.3) is 0 Å². The molecule has 0 aliphatic heterocycles. The van der Waals surface area contributed by atoms with Crippen LogP contribution in [-0.4, -0.2) is 21.8 Å². The van der Waals surface area contributed by atoms with E-state index in [0.717, 1.165) is 16.9 Å².